The van der Waals surface area contributed by atoms with Crippen LogP contribution in [0, 0.1) is 11.3 Å². The zero-order valence-electron chi connectivity index (χ0n) is 13.7. The van der Waals surface area contributed by atoms with Crippen LogP contribution in [-0.4, -0.2) is 6.61 Å². The molecule has 1 heteroatoms. The highest BCUT2D eigenvalue weighted by atomic mass is 16.5. The van der Waals surface area contributed by atoms with Crippen LogP contribution >= 0.6 is 0 Å². The maximum atomic E-state index is 6.38. The van der Waals surface area contributed by atoms with Crippen molar-refractivity contribution in [2.45, 2.75) is 71.3 Å². The molecule has 1 aromatic carbocycles. The Bertz CT molecular complexity index is 455. The Morgan fingerprint density at radius 3 is 2.48 bits per heavy atom. The second-order valence-corrected chi connectivity index (χ2v) is 7.35. The molecule has 1 saturated carbocycles. The highest BCUT2D eigenvalue weighted by molar-refractivity contribution is 5.33. The number of hydrogen-bond donors (Lipinski definition) is 0. The van der Waals surface area contributed by atoms with E-state index < -0.39 is 0 Å². The second kappa shape index (κ2) is 6.52. The lowest BCUT2D eigenvalue weighted by Crippen LogP contribution is -2.32. The van der Waals surface area contributed by atoms with Gasteiger partial charge in [-0.15, -0.1) is 0 Å². The molecule has 0 amide bonds. The molecule has 2 aliphatic rings. The molecule has 0 saturated heterocycles. The Kier molecular flexibility index (Phi) is 4.69. The first-order valence-corrected chi connectivity index (χ1v) is 8.96. The minimum atomic E-state index is 0.341. The van der Waals surface area contributed by atoms with E-state index in [1.807, 2.05) is 0 Å². The number of benzene rings is 1. The standard InChI is InChI=1S/C20H30O/c1-3-11-20(12-4-2)13-17-7-5-6-8-18(17)19(14-20)21-15-16-9-10-16/h5-8,16,19H,3-4,9-15H2,1-2H3. The quantitative estimate of drug-likeness (QED) is 0.626. The van der Waals surface area contributed by atoms with Crippen LogP contribution in [-0.2, 0) is 11.2 Å². The fourth-order valence-electron chi connectivity index (χ4n) is 4.24. The van der Waals surface area contributed by atoms with Crippen molar-refractivity contribution in [2.75, 3.05) is 6.61 Å². The summed E-state index contributed by atoms with van der Waals surface area (Å²) in [5.74, 6) is 0.853. The molecule has 116 valence electrons. The third-order valence-corrected chi connectivity index (χ3v) is 5.38. The predicted octanol–water partition coefficient (Wildman–Crippen LogP) is 5.69. The summed E-state index contributed by atoms with van der Waals surface area (Å²) in [5, 5.41) is 0. The van der Waals surface area contributed by atoms with Crippen LogP contribution in [0.3, 0.4) is 0 Å². The molecule has 0 heterocycles. The Labute approximate surface area is 130 Å². The van der Waals surface area contributed by atoms with E-state index in [-0.39, 0.29) is 0 Å². The summed E-state index contributed by atoms with van der Waals surface area (Å²) in [6, 6.07) is 9.01. The molecule has 0 N–H and O–H groups in total. The molecule has 1 fully saturated rings. The van der Waals surface area contributed by atoms with Gasteiger partial charge in [0.15, 0.2) is 0 Å². The van der Waals surface area contributed by atoms with Gasteiger partial charge in [-0.05, 0) is 61.0 Å². The van der Waals surface area contributed by atoms with E-state index in [4.69, 9.17) is 4.74 Å². The van der Waals surface area contributed by atoms with Crippen LogP contribution in [0.5, 0.6) is 0 Å². The Morgan fingerprint density at radius 1 is 1.10 bits per heavy atom. The number of ether oxygens (including phenoxy) is 1. The molecular weight excluding hydrogens is 256 g/mol. The molecular formula is C20H30O. The van der Waals surface area contributed by atoms with Gasteiger partial charge in [0, 0.05) is 0 Å². The summed E-state index contributed by atoms with van der Waals surface area (Å²) in [5.41, 5.74) is 3.50. The zero-order chi connectivity index (χ0) is 14.7. The smallest absolute Gasteiger partial charge is 0.0833 e. The van der Waals surface area contributed by atoms with Crippen molar-refractivity contribution in [3.8, 4) is 0 Å². The first-order valence-electron chi connectivity index (χ1n) is 8.96. The van der Waals surface area contributed by atoms with Crippen LogP contribution in [0.15, 0.2) is 24.3 Å². The van der Waals surface area contributed by atoms with Gasteiger partial charge in [0.2, 0.25) is 0 Å². The molecule has 0 spiro atoms. The molecule has 1 aromatic rings. The SMILES string of the molecule is CCCC1(CCC)Cc2ccccc2C(OCC2CC2)C1. The van der Waals surface area contributed by atoms with Crippen molar-refractivity contribution in [1.82, 2.24) is 0 Å². The van der Waals surface area contributed by atoms with Gasteiger partial charge in [0.05, 0.1) is 12.7 Å². The van der Waals surface area contributed by atoms with Crippen LogP contribution in [0.1, 0.15) is 76.0 Å². The molecule has 0 bridgehead atoms. The maximum absolute atomic E-state index is 6.38. The molecule has 2 aliphatic carbocycles. The lowest BCUT2D eigenvalue weighted by molar-refractivity contribution is -0.00712. The molecule has 1 atom stereocenters. The topological polar surface area (TPSA) is 9.23 Å². The van der Waals surface area contributed by atoms with Gasteiger partial charge in [0.25, 0.3) is 0 Å². The summed E-state index contributed by atoms with van der Waals surface area (Å²) in [4.78, 5) is 0. The summed E-state index contributed by atoms with van der Waals surface area (Å²) in [6.07, 6.45) is 10.9. The number of hydrogen-bond acceptors (Lipinski definition) is 1. The van der Waals surface area contributed by atoms with Crippen molar-refractivity contribution in [2.24, 2.45) is 11.3 Å². The zero-order valence-corrected chi connectivity index (χ0v) is 13.7. The van der Waals surface area contributed by atoms with E-state index in [1.54, 1.807) is 5.56 Å². The fourth-order valence-corrected chi connectivity index (χ4v) is 4.24. The van der Waals surface area contributed by atoms with Gasteiger partial charge in [0.1, 0.15) is 0 Å². The highest BCUT2D eigenvalue weighted by Gasteiger charge is 2.38. The molecule has 3 rings (SSSR count). The van der Waals surface area contributed by atoms with Crippen LogP contribution in [0.4, 0.5) is 0 Å². The predicted molar refractivity (Wildman–Crippen MR) is 88.4 cm³/mol. The third kappa shape index (κ3) is 3.51. The van der Waals surface area contributed by atoms with Crippen molar-refractivity contribution in [1.29, 1.82) is 0 Å². The van der Waals surface area contributed by atoms with Crippen LogP contribution in [0.25, 0.3) is 0 Å². The minimum Gasteiger partial charge on any atom is -0.373 e. The normalized spacial score (nSPS) is 23.8. The third-order valence-electron chi connectivity index (χ3n) is 5.38. The van der Waals surface area contributed by atoms with Crippen molar-refractivity contribution in [3.63, 3.8) is 0 Å². The van der Waals surface area contributed by atoms with Gasteiger partial charge in [-0.2, -0.15) is 0 Å². The Hall–Kier alpha value is -0.820. The van der Waals surface area contributed by atoms with Crippen LogP contribution < -0.4 is 0 Å². The van der Waals surface area contributed by atoms with Gasteiger partial charge >= 0.3 is 0 Å². The molecule has 0 radical (unpaired) electrons. The Balaban J connectivity index is 1.82. The monoisotopic (exact) mass is 286 g/mol. The molecule has 1 unspecified atom stereocenters. The highest BCUT2D eigenvalue weighted by Crippen LogP contribution is 2.48. The van der Waals surface area contributed by atoms with E-state index in [2.05, 4.69) is 38.1 Å². The van der Waals surface area contributed by atoms with Gasteiger partial charge in [-0.25, -0.2) is 0 Å². The maximum Gasteiger partial charge on any atom is 0.0833 e. The lowest BCUT2D eigenvalue weighted by Gasteiger charge is -2.42. The second-order valence-electron chi connectivity index (χ2n) is 7.35. The Morgan fingerprint density at radius 2 is 1.81 bits per heavy atom. The van der Waals surface area contributed by atoms with E-state index in [0.717, 1.165) is 12.5 Å². The average Bonchev–Trinajstić information content (AvgIpc) is 3.29. The largest absolute Gasteiger partial charge is 0.373 e. The van der Waals surface area contributed by atoms with E-state index in [9.17, 15) is 0 Å². The van der Waals surface area contributed by atoms with E-state index in [1.165, 1.54) is 56.9 Å². The minimum absolute atomic E-state index is 0.341. The first-order chi connectivity index (χ1) is 10.3. The van der Waals surface area contributed by atoms with Crippen LogP contribution in [0.2, 0.25) is 0 Å². The van der Waals surface area contributed by atoms with Gasteiger partial charge in [-0.3, -0.25) is 0 Å². The van der Waals surface area contributed by atoms with Crippen molar-refractivity contribution in [3.05, 3.63) is 35.4 Å². The van der Waals surface area contributed by atoms with Crippen molar-refractivity contribution >= 4 is 0 Å². The lowest BCUT2D eigenvalue weighted by atomic mass is 9.66. The number of rotatable bonds is 7. The first kappa shape index (κ1) is 15.1. The summed E-state index contributed by atoms with van der Waals surface area (Å²) < 4.78 is 6.38. The number of fused-ring (bicyclic) bond motifs is 1. The molecule has 0 aromatic heterocycles. The van der Waals surface area contributed by atoms with Crippen molar-refractivity contribution < 1.29 is 4.74 Å². The fraction of sp³-hybridized carbons (Fsp3) is 0.700. The summed E-state index contributed by atoms with van der Waals surface area (Å²) in [6.45, 7) is 5.64. The van der Waals surface area contributed by atoms with Gasteiger partial charge < -0.3 is 4.74 Å². The van der Waals surface area contributed by atoms with Gasteiger partial charge in [-0.1, -0.05) is 51.0 Å². The van der Waals surface area contributed by atoms with E-state index >= 15 is 0 Å². The average molecular weight is 286 g/mol. The molecule has 21 heavy (non-hydrogen) atoms. The molecule has 0 aliphatic heterocycles. The van der Waals surface area contributed by atoms with E-state index in [0.29, 0.717) is 11.5 Å². The summed E-state index contributed by atoms with van der Waals surface area (Å²) >= 11 is 0. The molecule has 1 nitrogen and oxygen atoms in total. The summed E-state index contributed by atoms with van der Waals surface area (Å²) in [7, 11) is 0.